The van der Waals surface area contributed by atoms with Crippen LogP contribution in [0.2, 0.25) is 0 Å². The zero-order valence-electron chi connectivity index (χ0n) is 15.9. The average Bonchev–Trinajstić information content (AvgIpc) is 3.16. The first-order valence-corrected chi connectivity index (χ1v) is 8.85. The fraction of sp³-hybridized carbons (Fsp3) is 0.316. The van der Waals surface area contributed by atoms with Crippen LogP contribution in [0.5, 0.6) is 0 Å². The van der Waals surface area contributed by atoms with Crippen LogP contribution in [0.15, 0.2) is 40.1 Å². The molecule has 1 aromatic heterocycles. The highest BCUT2D eigenvalue weighted by Crippen LogP contribution is 2.39. The Morgan fingerprint density at radius 3 is 2.57 bits per heavy atom. The van der Waals surface area contributed by atoms with Crippen LogP contribution >= 0.6 is 0 Å². The van der Waals surface area contributed by atoms with Crippen LogP contribution in [-0.4, -0.2) is 34.2 Å². The zero-order valence-corrected chi connectivity index (χ0v) is 15.9. The van der Waals surface area contributed by atoms with Gasteiger partial charge in [0.25, 0.3) is 0 Å². The van der Waals surface area contributed by atoms with Gasteiger partial charge in [-0.15, -0.1) is 0 Å². The van der Waals surface area contributed by atoms with Crippen molar-refractivity contribution in [3.05, 3.63) is 41.9 Å². The Balaban J connectivity index is 2.10. The lowest BCUT2D eigenvalue weighted by Gasteiger charge is -2.34. The van der Waals surface area contributed by atoms with E-state index in [2.05, 4.69) is 15.3 Å². The monoisotopic (exact) mass is 419 g/mol. The highest BCUT2D eigenvalue weighted by Gasteiger charge is 2.44. The lowest BCUT2D eigenvalue weighted by Crippen LogP contribution is -2.50. The van der Waals surface area contributed by atoms with Crippen LogP contribution < -0.4 is 5.32 Å². The molecular formula is C19H16F3N5O3. The predicted octanol–water partition coefficient (Wildman–Crippen LogP) is 4.17. The second-order valence-corrected chi connectivity index (χ2v) is 6.43. The maximum absolute atomic E-state index is 12.9. The van der Waals surface area contributed by atoms with Gasteiger partial charge >= 0.3 is 18.2 Å². The summed E-state index contributed by atoms with van der Waals surface area (Å²) in [6, 6.07) is 3.34. The minimum Gasteiger partial charge on any atom is -0.443 e. The molecule has 1 aromatic carbocycles. The molecule has 11 heteroatoms. The Bertz CT molecular complexity index is 1040. The summed E-state index contributed by atoms with van der Waals surface area (Å²) in [6.07, 6.45) is -3.47. The number of aromatic nitrogens is 1. The molecule has 3 rings (SSSR count). The summed E-state index contributed by atoms with van der Waals surface area (Å²) in [5.74, 6) is -0.964. The molecule has 0 fully saturated rings. The van der Waals surface area contributed by atoms with Gasteiger partial charge in [-0.1, -0.05) is 12.1 Å². The summed E-state index contributed by atoms with van der Waals surface area (Å²) in [4.78, 5) is 33.6. The topological polar surface area (TPSA) is 112 Å². The third-order valence-electron chi connectivity index (χ3n) is 4.56. The smallest absolute Gasteiger partial charge is 0.416 e. The molecule has 30 heavy (non-hydrogen) atoms. The normalized spacial score (nSPS) is 19.3. The van der Waals surface area contributed by atoms with E-state index in [9.17, 15) is 28.0 Å². The van der Waals surface area contributed by atoms with Gasteiger partial charge in [-0.05, 0) is 26.0 Å². The van der Waals surface area contributed by atoms with Crippen LogP contribution in [0.1, 0.15) is 31.1 Å². The molecule has 4 amide bonds. The van der Waals surface area contributed by atoms with Crippen molar-refractivity contribution in [3.63, 3.8) is 0 Å². The number of aliphatic imine (C=N–C) groups is 1. The number of hydrogen-bond acceptors (Lipinski definition) is 5. The van der Waals surface area contributed by atoms with Crippen LogP contribution in [0.4, 0.5) is 22.8 Å². The summed E-state index contributed by atoms with van der Waals surface area (Å²) in [7, 11) is 0. The van der Waals surface area contributed by atoms with Crippen molar-refractivity contribution in [1.82, 2.24) is 15.2 Å². The number of nitrogens with zero attached hydrogens (tertiary/aromatic N) is 4. The van der Waals surface area contributed by atoms with Gasteiger partial charge in [0.05, 0.1) is 11.6 Å². The Labute approximate surface area is 169 Å². The fourth-order valence-electron chi connectivity index (χ4n) is 3.16. The summed E-state index contributed by atoms with van der Waals surface area (Å²) >= 11 is 0. The summed E-state index contributed by atoms with van der Waals surface area (Å²) in [5.41, 5.74) is -0.345. The van der Waals surface area contributed by atoms with Gasteiger partial charge in [0.1, 0.15) is 17.7 Å². The first-order valence-electron chi connectivity index (χ1n) is 8.85. The second-order valence-electron chi connectivity index (χ2n) is 6.43. The van der Waals surface area contributed by atoms with Crippen molar-refractivity contribution in [3.8, 4) is 17.4 Å². The van der Waals surface area contributed by atoms with E-state index >= 15 is 0 Å². The number of hydrogen-bond donors (Lipinski definition) is 1. The molecule has 2 unspecified atom stereocenters. The minimum atomic E-state index is -4.51. The molecular weight excluding hydrogens is 403 g/mol. The van der Waals surface area contributed by atoms with Crippen LogP contribution in [0, 0.1) is 17.2 Å². The van der Waals surface area contributed by atoms with E-state index in [4.69, 9.17) is 4.42 Å². The molecule has 2 atom stereocenters. The van der Waals surface area contributed by atoms with E-state index in [0.717, 1.165) is 23.4 Å². The van der Waals surface area contributed by atoms with Gasteiger partial charge in [0, 0.05) is 17.8 Å². The van der Waals surface area contributed by atoms with Crippen molar-refractivity contribution in [2.75, 3.05) is 6.54 Å². The highest BCUT2D eigenvalue weighted by molar-refractivity contribution is 6.05. The lowest BCUT2D eigenvalue weighted by molar-refractivity contribution is -0.137. The number of carbonyl (C=O) groups is 2. The molecule has 0 radical (unpaired) electrons. The van der Waals surface area contributed by atoms with Gasteiger partial charge in [-0.25, -0.2) is 24.5 Å². The highest BCUT2D eigenvalue weighted by atomic mass is 19.4. The number of rotatable bonds is 3. The van der Waals surface area contributed by atoms with Gasteiger partial charge in [0.2, 0.25) is 0 Å². The van der Waals surface area contributed by atoms with E-state index in [1.807, 2.05) is 6.07 Å². The molecule has 8 nitrogen and oxygen atoms in total. The largest absolute Gasteiger partial charge is 0.443 e. The number of amides is 4. The summed E-state index contributed by atoms with van der Waals surface area (Å²) in [6.45, 7) is 3.35. The van der Waals surface area contributed by atoms with E-state index < -0.39 is 35.8 Å². The van der Waals surface area contributed by atoms with Crippen LogP contribution in [-0.2, 0) is 6.18 Å². The first kappa shape index (κ1) is 21.0. The molecule has 0 saturated carbocycles. The number of alkyl halides is 3. The average molecular weight is 419 g/mol. The van der Waals surface area contributed by atoms with Gasteiger partial charge in [-0.2, -0.15) is 18.4 Å². The molecule has 2 heterocycles. The Kier molecular flexibility index (Phi) is 5.60. The molecule has 2 aromatic rings. The van der Waals surface area contributed by atoms with Gasteiger partial charge < -0.3 is 9.73 Å². The van der Waals surface area contributed by atoms with Crippen molar-refractivity contribution >= 4 is 17.8 Å². The second kappa shape index (κ2) is 7.98. The number of imide groups is 1. The molecule has 0 spiro atoms. The standard InChI is InChI=1S/C19H16F3N5O3/c1-3-24-17(28)27-15(13(8-23)10(2)26-18(27)29)14-16(30-9-25-14)11-4-6-12(7-5-11)19(20,21)22/h4-7,9,13,15H,3H2,1-2H3,(H,24,28). The van der Waals surface area contributed by atoms with Crippen molar-refractivity contribution < 1.29 is 27.2 Å². The molecule has 0 aliphatic carbocycles. The first-order chi connectivity index (χ1) is 14.2. The van der Waals surface area contributed by atoms with Crippen molar-refractivity contribution in [2.24, 2.45) is 10.9 Å². The van der Waals surface area contributed by atoms with Crippen LogP contribution in [0.25, 0.3) is 11.3 Å². The molecule has 1 aliphatic heterocycles. The Hall–Kier alpha value is -3.68. The van der Waals surface area contributed by atoms with Gasteiger partial charge in [-0.3, -0.25) is 0 Å². The Morgan fingerprint density at radius 2 is 2.00 bits per heavy atom. The number of halogens is 3. The molecule has 0 bridgehead atoms. The number of carbonyl (C=O) groups excluding carboxylic acids is 2. The SMILES string of the molecule is CCNC(=O)N1C(=O)N=C(C)C(C#N)C1c1ncoc1-c1ccc(C(F)(F)F)cc1. The number of urea groups is 2. The van der Waals surface area contributed by atoms with E-state index in [0.29, 0.717) is 0 Å². The molecule has 1 N–H and O–H groups in total. The van der Waals surface area contributed by atoms with Crippen molar-refractivity contribution in [1.29, 1.82) is 5.26 Å². The third kappa shape index (κ3) is 3.76. The summed E-state index contributed by atoms with van der Waals surface area (Å²) < 4.78 is 43.9. The minimum absolute atomic E-state index is 0.0470. The zero-order chi connectivity index (χ0) is 22.1. The van der Waals surface area contributed by atoms with E-state index in [1.54, 1.807) is 6.92 Å². The fourth-order valence-corrected chi connectivity index (χ4v) is 3.16. The van der Waals surface area contributed by atoms with Gasteiger partial charge in [0.15, 0.2) is 12.2 Å². The predicted molar refractivity (Wildman–Crippen MR) is 98.2 cm³/mol. The number of oxazole rings is 1. The van der Waals surface area contributed by atoms with E-state index in [-0.39, 0.29) is 29.3 Å². The maximum atomic E-state index is 12.9. The maximum Gasteiger partial charge on any atom is 0.416 e. The number of nitriles is 1. The number of nitrogens with one attached hydrogen (secondary N) is 1. The van der Waals surface area contributed by atoms with E-state index in [1.165, 1.54) is 19.1 Å². The quantitative estimate of drug-likeness (QED) is 0.803. The van der Waals surface area contributed by atoms with Crippen LogP contribution in [0.3, 0.4) is 0 Å². The third-order valence-corrected chi connectivity index (χ3v) is 4.56. The molecule has 156 valence electrons. The summed E-state index contributed by atoms with van der Waals surface area (Å²) in [5, 5.41) is 12.1. The molecule has 1 aliphatic rings. The number of benzene rings is 1. The Morgan fingerprint density at radius 1 is 1.33 bits per heavy atom. The van der Waals surface area contributed by atoms with Crippen molar-refractivity contribution in [2.45, 2.75) is 26.1 Å². The molecule has 0 saturated heterocycles. The lowest BCUT2D eigenvalue weighted by atomic mass is 9.89.